The summed E-state index contributed by atoms with van der Waals surface area (Å²) in [5.41, 5.74) is 0.859. The van der Waals surface area contributed by atoms with Gasteiger partial charge < -0.3 is 24.6 Å². The van der Waals surface area contributed by atoms with E-state index < -0.39 is 16.0 Å². The number of likely N-dealkylation sites (tertiary alicyclic amines) is 1. The molecule has 11 nitrogen and oxygen atoms in total. The molecule has 38 heavy (non-hydrogen) atoms. The van der Waals surface area contributed by atoms with Crippen LogP contribution in [0.3, 0.4) is 0 Å². The largest absolute Gasteiger partial charge is 0.465 e. The highest BCUT2D eigenvalue weighted by Gasteiger charge is 2.32. The predicted octanol–water partition coefficient (Wildman–Crippen LogP) is 2.09. The Morgan fingerprint density at radius 3 is 2.37 bits per heavy atom. The highest BCUT2D eigenvalue weighted by molar-refractivity contribution is 7.89. The molecule has 0 radical (unpaired) electrons. The molecule has 2 rings (SSSR count). The minimum Gasteiger partial charge on any atom is -0.465 e. The normalized spacial score (nSPS) is 14.4. The molecule has 1 fully saturated rings. The number of amides is 3. The van der Waals surface area contributed by atoms with Crippen LogP contribution in [0.15, 0.2) is 24.3 Å². The SMILES string of the molecule is CCCS(=O)(=O)N(CCOC)CC(=O)N(Cc1ccc(Cl)cc1)C1CCN(C(=O)NCC(=O)OCC)CC1. The number of carbonyl (C=O) groups excluding carboxylic acids is 3. The van der Waals surface area contributed by atoms with Gasteiger partial charge in [0, 0.05) is 44.4 Å². The summed E-state index contributed by atoms with van der Waals surface area (Å²) in [6.45, 7) is 4.50. The van der Waals surface area contributed by atoms with Gasteiger partial charge in [0.25, 0.3) is 0 Å². The molecule has 0 saturated carbocycles. The number of ether oxygens (including phenoxy) is 2. The van der Waals surface area contributed by atoms with E-state index in [-0.39, 0.29) is 63.1 Å². The molecule has 1 heterocycles. The van der Waals surface area contributed by atoms with Crippen LogP contribution >= 0.6 is 11.6 Å². The maximum absolute atomic E-state index is 13.6. The fourth-order valence-electron chi connectivity index (χ4n) is 4.20. The molecular formula is C25H39ClN4O7S. The second-order valence-corrected chi connectivity index (χ2v) is 11.5. The quantitative estimate of drug-likeness (QED) is 0.337. The predicted molar refractivity (Wildman–Crippen MR) is 144 cm³/mol. The van der Waals surface area contributed by atoms with Crippen LogP contribution in [0.2, 0.25) is 5.02 Å². The molecule has 0 aliphatic carbocycles. The number of hydrogen-bond acceptors (Lipinski definition) is 7. The van der Waals surface area contributed by atoms with E-state index in [9.17, 15) is 22.8 Å². The number of nitrogens with one attached hydrogen (secondary N) is 1. The van der Waals surface area contributed by atoms with E-state index in [1.807, 2.05) is 12.1 Å². The molecule has 0 spiro atoms. The van der Waals surface area contributed by atoms with Gasteiger partial charge in [-0.1, -0.05) is 30.7 Å². The van der Waals surface area contributed by atoms with E-state index in [0.717, 1.165) is 5.56 Å². The minimum absolute atomic E-state index is 0.0551. The molecule has 3 amide bonds. The summed E-state index contributed by atoms with van der Waals surface area (Å²) in [7, 11) is -2.15. The first kappa shape index (κ1) is 31.8. The lowest BCUT2D eigenvalue weighted by atomic mass is 10.0. The number of urea groups is 1. The van der Waals surface area contributed by atoms with Gasteiger partial charge >= 0.3 is 12.0 Å². The third-order valence-corrected chi connectivity index (χ3v) is 8.45. The average Bonchev–Trinajstić information content (AvgIpc) is 2.89. The van der Waals surface area contributed by atoms with Crippen molar-refractivity contribution in [3.8, 4) is 0 Å². The number of sulfonamides is 1. The zero-order chi connectivity index (χ0) is 28.1. The number of halogens is 1. The number of nitrogens with zero attached hydrogens (tertiary/aromatic N) is 3. The zero-order valence-corrected chi connectivity index (χ0v) is 23.9. The van der Waals surface area contributed by atoms with E-state index in [4.69, 9.17) is 21.1 Å². The maximum atomic E-state index is 13.6. The number of methoxy groups -OCH3 is 1. The summed E-state index contributed by atoms with van der Waals surface area (Å²) in [4.78, 5) is 40.9. The van der Waals surface area contributed by atoms with Crippen LogP contribution in [0.4, 0.5) is 4.79 Å². The van der Waals surface area contributed by atoms with E-state index in [1.165, 1.54) is 11.4 Å². The molecule has 1 N–H and O–H groups in total. The standard InChI is InChI=1S/C25H39ClN4O7S/c1-4-16-38(34,35)29(14-15-36-3)19-23(31)30(18-20-6-8-21(26)9-7-20)22-10-12-28(13-11-22)25(33)27-17-24(32)37-5-2/h6-9,22H,4-5,10-19H2,1-3H3,(H,27,33). The summed E-state index contributed by atoms with van der Waals surface area (Å²) in [6, 6.07) is 6.57. The molecule has 0 aromatic heterocycles. The van der Waals surface area contributed by atoms with Crippen molar-refractivity contribution >= 4 is 39.5 Å². The summed E-state index contributed by atoms with van der Waals surface area (Å²) in [5.74, 6) is -0.881. The van der Waals surface area contributed by atoms with Crippen LogP contribution in [-0.2, 0) is 35.6 Å². The molecule has 13 heteroatoms. The van der Waals surface area contributed by atoms with Gasteiger partial charge in [0.1, 0.15) is 6.54 Å². The van der Waals surface area contributed by atoms with Crippen molar-refractivity contribution < 1.29 is 32.3 Å². The van der Waals surface area contributed by atoms with Gasteiger partial charge in [-0.25, -0.2) is 13.2 Å². The van der Waals surface area contributed by atoms with Crippen molar-refractivity contribution in [1.29, 1.82) is 0 Å². The van der Waals surface area contributed by atoms with Gasteiger partial charge in [-0.15, -0.1) is 0 Å². The van der Waals surface area contributed by atoms with Crippen molar-refractivity contribution in [3.63, 3.8) is 0 Å². The molecule has 1 aromatic rings. The fraction of sp³-hybridized carbons (Fsp3) is 0.640. The van der Waals surface area contributed by atoms with Crippen LogP contribution < -0.4 is 5.32 Å². The Morgan fingerprint density at radius 2 is 1.79 bits per heavy atom. The first-order chi connectivity index (χ1) is 18.1. The second-order valence-electron chi connectivity index (χ2n) is 8.97. The highest BCUT2D eigenvalue weighted by atomic mass is 35.5. The summed E-state index contributed by atoms with van der Waals surface area (Å²) >= 11 is 6.03. The Balaban J connectivity index is 2.14. The topological polar surface area (TPSA) is 126 Å². The Bertz CT molecular complexity index is 1020. The van der Waals surface area contributed by atoms with Crippen molar-refractivity contribution in [2.45, 2.75) is 45.7 Å². The number of hydrogen-bond donors (Lipinski definition) is 1. The lowest BCUT2D eigenvalue weighted by Crippen LogP contribution is -2.53. The maximum Gasteiger partial charge on any atom is 0.325 e. The molecule has 1 aromatic carbocycles. The third kappa shape index (κ3) is 10.0. The van der Waals surface area contributed by atoms with E-state index in [2.05, 4.69) is 5.32 Å². The van der Waals surface area contributed by atoms with Crippen LogP contribution in [0.5, 0.6) is 0 Å². The molecule has 0 atom stereocenters. The Hall–Kier alpha value is -2.41. The number of esters is 1. The molecule has 1 aliphatic heterocycles. The molecule has 214 valence electrons. The van der Waals surface area contributed by atoms with Gasteiger partial charge in [0.2, 0.25) is 15.9 Å². The fourth-order valence-corrected chi connectivity index (χ4v) is 5.76. The first-order valence-electron chi connectivity index (χ1n) is 12.8. The smallest absolute Gasteiger partial charge is 0.325 e. The van der Waals surface area contributed by atoms with Crippen molar-refractivity contribution in [1.82, 2.24) is 19.4 Å². The van der Waals surface area contributed by atoms with Crippen LogP contribution in [0.1, 0.15) is 38.7 Å². The van der Waals surface area contributed by atoms with Crippen LogP contribution in [0, 0.1) is 0 Å². The number of rotatable bonds is 14. The third-order valence-electron chi connectivity index (χ3n) is 6.18. The minimum atomic E-state index is -3.63. The van der Waals surface area contributed by atoms with Gasteiger partial charge in [-0.3, -0.25) is 9.59 Å². The van der Waals surface area contributed by atoms with Gasteiger partial charge in [0.05, 0.1) is 25.5 Å². The monoisotopic (exact) mass is 574 g/mol. The number of benzene rings is 1. The van der Waals surface area contributed by atoms with Gasteiger partial charge in [-0.2, -0.15) is 4.31 Å². The lowest BCUT2D eigenvalue weighted by molar-refractivity contribution is -0.142. The number of piperidine rings is 1. The molecular weight excluding hydrogens is 536 g/mol. The lowest BCUT2D eigenvalue weighted by Gasteiger charge is -2.39. The van der Waals surface area contributed by atoms with Crippen LogP contribution in [-0.4, -0.2) is 105 Å². The number of carbonyl (C=O) groups is 3. The van der Waals surface area contributed by atoms with Crippen molar-refractivity contribution in [3.05, 3.63) is 34.9 Å². The molecule has 0 unspecified atom stereocenters. The van der Waals surface area contributed by atoms with E-state index in [0.29, 0.717) is 37.4 Å². The highest BCUT2D eigenvalue weighted by Crippen LogP contribution is 2.21. The molecule has 1 saturated heterocycles. The van der Waals surface area contributed by atoms with Gasteiger partial charge in [0.15, 0.2) is 0 Å². The van der Waals surface area contributed by atoms with E-state index >= 15 is 0 Å². The Kier molecular flexibility index (Phi) is 13.3. The summed E-state index contributed by atoms with van der Waals surface area (Å²) < 4.78 is 36.8. The summed E-state index contributed by atoms with van der Waals surface area (Å²) in [5, 5.41) is 3.13. The second kappa shape index (κ2) is 15.9. The summed E-state index contributed by atoms with van der Waals surface area (Å²) in [6.07, 6.45) is 1.45. The Labute approximate surface area is 230 Å². The van der Waals surface area contributed by atoms with Crippen LogP contribution in [0.25, 0.3) is 0 Å². The van der Waals surface area contributed by atoms with E-state index in [1.54, 1.807) is 35.8 Å². The molecule has 1 aliphatic rings. The Morgan fingerprint density at radius 1 is 1.13 bits per heavy atom. The molecule has 0 bridgehead atoms. The van der Waals surface area contributed by atoms with Crippen molar-refractivity contribution in [2.75, 3.05) is 58.8 Å². The van der Waals surface area contributed by atoms with Gasteiger partial charge in [-0.05, 0) is 43.9 Å². The zero-order valence-electron chi connectivity index (χ0n) is 22.4. The first-order valence-corrected chi connectivity index (χ1v) is 14.8. The van der Waals surface area contributed by atoms with Crippen molar-refractivity contribution in [2.24, 2.45) is 0 Å². The average molecular weight is 575 g/mol.